The van der Waals surface area contributed by atoms with Gasteiger partial charge in [0.2, 0.25) is 5.89 Å². The summed E-state index contributed by atoms with van der Waals surface area (Å²) in [6.45, 7) is 0.277. The lowest BCUT2D eigenvalue weighted by Gasteiger charge is -1.87. The summed E-state index contributed by atoms with van der Waals surface area (Å²) in [6.07, 6.45) is 1.04. The van der Waals surface area contributed by atoms with E-state index in [9.17, 15) is 4.79 Å². The SMILES string of the molecule is COCc1cc(-c2nc(C(=O)O)co2)no1. The third-order valence-electron chi connectivity index (χ3n) is 1.79. The number of aromatic carboxylic acids is 1. The number of carbonyl (C=O) groups is 1. The van der Waals surface area contributed by atoms with Gasteiger partial charge in [0.05, 0.1) is 0 Å². The second kappa shape index (κ2) is 4.15. The van der Waals surface area contributed by atoms with Gasteiger partial charge in [-0.3, -0.25) is 0 Å². The monoisotopic (exact) mass is 224 g/mol. The largest absolute Gasteiger partial charge is 0.476 e. The van der Waals surface area contributed by atoms with Crippen molar-refractivity contribution in [2.45, 2.75) is 6.61 Å². The number of oxazole rings is 1. The van der Waals surface area contributed by atoms with E-state index in [1.807, 2.05) is 0 Å². The fraction of sp³-hybridized carbons (Fsp3) is 0.222. The first-order chi connectivity index (χ1) is 7.70. The lowest BCUT2D eigenvalue weighted by molar-refractivity contribution is 0.0690. The summed E-state index contributed by atoms with van der Waals surface area (Å²) in [5.74, 6) is -0.549. The van der Waals surface area contributed by atoms with Crippen LogP contribution in [0.15, 0.2) is 21.3 Å². The van der Waals surface area contributed by atoms with Gasteiger partial charge in [0.1, 0.15) is 12.9 Å². The van der Waals surface area contributed by atoms with Crippen LogP contribution in [-0.4, -0.2) is 28.3 Å². The summed E-state index contributed by atoms with van der Waals surface area (Å²) >= 11 is 0. The number of ether oxygens (including phenoxy) is 1. The minimum absolute atomic E-state index is 0.100. The predicted molar refractivity (Wildman–Crippen MR) is 49.7 cm³/mol. The Hall–Kier alpha value is -2.15. The summed E-state index contributed by atoms with van der Waals surface area (Å²) < 4.78 is 14.7. The van der Waals surface area contributed by atoms with E-state index < -0.39 is 5.97 Å². The van der Waals surface area contributed by atoms with Gasteiger partial charge in [-0.25, -0.2) is 9.78 Å². The molecule has 2 aromatic rings. The van der Waals surface area contributed by atoms with Gasteiger partial charge < -0.3 is 18.8 Å². The van der Waals surface area contributed by atoms with Crippen LogP contribution in [-0.2, 0) is 11.3 Å². The number of methoxy groups -OCH3 is 1. The van der Waals surface area contributed by atoms with Crippen molar-refractivity contribution in [3.8, 4) is 11.6 Å². The van der Waals surface area contributed by atoms with Gasteiger partial charge in [0.15, 0.2) is 17.1 Å². The average molecular weight is 224 g/mol. The van der Waals surface area contributed by atoms with Gasteiger partial charge in [-0.05, 0) is 0 Å². The maximum atomic E-state index is 10.6. The molecule has 0 fully saturated rings. The summed E-state index contributed by atoms with van der Waals surface area (Å²) in [7, 11) is 1.52. The van der Waals surface area contributed by atoms with Crippen molar-refractivity contribution in [1.29, 1.82) is 0 Å². The number of carboxylic acid groups (broad SMARTS) is 1. The second-order valence-electron chi connectivity index (χ2n) is 2.95. The Bertz CT molecular complexity index is 501. The Labute approximate surface area is 89.6 Å². The molecule has 2 heterocycles. The van der Waals surface area contributed by atoms with Gasteiger partial charge in [-0.15, -0.1) is 0 Å². The van der Waals surface area contributed by atoms with Crippen LogP contribution in [0.5, 0.6) is 0 Å². The maximum absolute atomic E-state index is 10.6. The second-order valence-corrected chi connectivity index (χ2v) is 2.95. The normalized spacial score (nSPS) is 10.6. The molecule has 7 heteroatoms. The van der Waals surface area contributed by atoms with Crippen LogP contribution in [0.1, 0.15) is 16.2 Å². The van der Waals surface area contributed by atoms with Gasteiger partial charge in [-0.2, -0.15) is 0 Å². The third-order valence-corrected chi connectivity index (χ3v) is 1.79. The number of rotatable bonds is 4. The average Bonchev–Trinajstić information content (AvgIpc) is 2.84. The van der Waals surface area contributed by atoms with E-state index in [1.165, 1.54) is 7.11 Å². The van der Waals surface area contributed by atoms with Gasteiger partial charge >= 0.3 is 5.97 Å². The number of hydrogen-bond acceptors (Lipinski definition) is 6. The number of aromatic nitrogens is 2. The number of nitrogens with zero attached hydrogens (tertiary/aromatic N) is 2. The molecular formula is C9H8N2O5. The zero-order valence-corrected chi connectivity index (χ0v) is 8.34. The van der Waals surface area contributed by atoms with E-state index in [0.717, 1.165) is 6.26 Å². The molecule has 0 amide bonds. The molecule has 0 aromatic carbocycles. The van der Waals surface area contributed by atoms with Crippen molar-refractivity contribution in [1.82, 2.24) is 10.1 Å². The van der Waals surface area contributed by atoms with E-state index in [0.29, 0.717) is 11.5 Å². The van der Waals surface area contributed by atoms with E-state index >= 15 is 0 Å². The lowest BCUT2D eigenvalue weighted by Crippen LogP contribution is -1.95. The van der Waals surface area contributed by atoms with Gasteiger partial charge in [0, 0.05) is 13.2 Å². The van der Waals surface area contributed by atoms with Crippen LogP contribution in [0.3, 0.4) is 0 Å². The molecule has 1 N–H and O–H groups in total. The summed E-state index contributed by atoms with van der Waals surface area (Å²) in [4.78, 5) is 14.3. The number of hydrogen-bond donors (Lipinski definition) is 1. The fourth-order valence-electron chi connectivity index (χ4n) is 1.11. The molecule has 0 aliphatic rings. The molecule has 0 saturated carbocycles. The van der Waals surface area contributed by atoms with Crippen LogP contribution in [0.2, 0.25) is 0 Å². The van der Waals surface area contributed by atoms with Gasteiger partial charge in [-0.1, -0.05) is 5.16 Å². The molecule has 7 nitrogen and oxygen atoms in total. The van der Waals surface area contributed by atoms with Crippen molar-refractivity contribution >= 4 is 5.97 Å². The first-order valence-electron chi connectivity index (χ1n) is 4.34. The zero-order chi connectivity index (χ0) is 11.5. The summed E-state index contributed by atoms with van der Waals surface area (Å²) in [5, 5.41) is 12.3. The number of carboxylic acids is 1. The van der Waals surface area contributed by atoms with Crippen LogP contribution < -0.4 is 0 Å². The summed E-state index contributed by atoms with van der Waals surface area (Å²) in [5.41, 5.74) is 0.158. The van der Waals surface area contributed by atoms with Crippen LogP contribution in [0.4, 0.5) is 0 Å². The Morgan fingerprint density at radius 3 is 3.06 bits per heavy atom. The molecule has 0 spiro atoms. The third kappa shape index (κ3) is 1.94. The Kier molecular flexibility index (Phi) is 2.69. The van der Waals surface area contributed by atoms with Crippen LogP contribution >= 0.6 is 0 Å². The van der Waals surface area contributed by atoms with E-state index in [2.05, 4.69) is 10.1 Å². The highest BCUT2D eigenvalue weighted by atomic mass is 16.5. The molecule has 0 radical (unpaired) electrons. The molecule has 0 atom stereocenters. The highest BCUT2D eigenvalue weighted by molar-refractivity contribution is 5.85. The predicted octanol–water partition coefficient (Wildman–Crippen LogP) is 1.17. The standard InChI is InChI=1S/C9H8N2O5/c1-14-3-5-2-6(11-16-5)8-10-7(4-15-8)9(12)13/h2,4H,3H2,1H3,(H,12,13). The summed E-state index contributed by atoms with van der Waals surface area (Å²) in [6, 6.07) is 1.57. The smallest absolute Gasteiger partial charge is 0.357 e. The molecule has 2 rings (SSSR count). The lowest BCUT2D eigenvalue weighted by atomic mass is 10.4. The quantitative estimate of drug-likeness (QED) is 0.832. The van der Waals surface area contributed by atoms with Crippen molar-refractivity contribution in [3.63, 3.8) is 0 Å². The molecule has 0 aliphatic heterocycles. The van der Waals surface area contributed by atoms with Crippen molar-refractivity contribution in [3.05, 3.63) is 23.8 Å². The van der Waals surface area contributed by atoms with E-state index in [4.69, 9.17) is 18.8 Å². The molecule has 16 heavy (non-hydrogen) atoms. The molecule has 84 valence electrons. The molecule has 0 unspecified atom stereocenters. The first kappa shape index (κ1) is 10.4. The minimum Gasteiger partial charge on any atom is -0.476 e. The Morgan fingerprint density at radius 1 is 1.62 bits per heavy atom. The first-order valence-corrected chi connectivity index (χ1v) is 4.34. The van der Waals surface area contributed by atoms with Gasteiger partial charge in [0.25, 0.3) is 0 Å². The van der Waals surface area contributed by atoms with Crippen LogP contribution in [0, 0.1) is 0 Å². The van der Waals surface area contributed by atoms with Crippen molar-refractivity contribution in [2.24, 2.45) is 0 Å². The highest BCUT2D eigenvalue weighted by Crippen LogP contribution is 2.18. The van der Waals surface area contributed by atoms with E-state index in [1.54, 1.807) is 6.07 Å². The van der Waals surface area contributed by atoms with Crippen LogP contribution in [0.25, 0.3) is 11.6 Å². The van der Waals surface area contributed by atoms with E-state index in [-0.39, 0.29) is 18.2 Å². The Morgan fingerprint density at radius 2 is 2.44 bits per heavy atom. The molecular weight excluding hydrogens is 216 g/mol. The highest BCUT2D eigenvalue weighted by Gasteiger charge is 2.15. The van der Waals surface area contributed by atoms with Crippen molar-refractivity contribution < 1.29 is 23.6 Å². The molecule has 0 bridgehead atoms. The fourth-order valence-corrected chi connectivity index (χ4v) is 1.11. The maximum Gasteiger partial charge on any atom is 0.357 e. The molecule has 0 saturated heterocycles. The Balaban J connectivity index is 2.24. The molecule has 0 aliphatic carbocycles. The minimum atomic E-state index is -1.16. The zero-order valence-electron chi connectivity index (χ0n) is 8.34. The topological polar surface area (TPSA) is 98.6 Å². The molecule has 2 aromatic heterocycles. The van der Waals surface area contributed by atoms with Crippen molar-refractivity contribution in [2.75, 3.05) is 7.11 Å².